The minimum absolute atomic E-state index is 0.220. The van der Waals surface area contributed by atoms with E-state index in [9.17, 15) is 9.59 Å². The number of amides is 1. The van der Waals surface area contributed by atoms with Gasteiger partial charge in [0.25, 0.3) is 0 Å². The molecule has 0 aliphatic rings. The Bertz CT molecular complexity index is 2080. The summed E-state index contributed by atoms with van der Waals surface area (Å²) in [6.45, 7) is 6.38. The maximum atomic E-state index is 12.1. The van der Waals surface area contributed by atoms with E-state index < -0.39 is 5.60 Å². The molecule has 0 spiro atoms. The van der Waals surface area contributed by atoms with Crippen LogP contribution in [0.15, 0.2) is 129 Å². The average Bonchev–Trinajstić information content (AvgIpc) is 3.67. The van der Waals surface area contributed by atoms with Gasteiger partial charge in [-0.1, -0.05) is 96.3 Å². The van der Waals surface area contributed by atoms with Gasteiger partial charge in [0, 0.05) is 74.4 Å². The van der Waals surface area contributed by atoms with Gasteiger partial charge < -0.3 is 23.9 Å². The molecule has 0 fully saturated rings. The summed E-state index contributed by atoms with van der Waals surface area (Å²) in [7, 11) is 5.32. The predicted octanol–water partition coefficient (Wildman–Crippen LogP) is 10.6. The quantitative estimate of drug-likeness (QED) is 0.106. The molecular formula is C42H47N3O4S2. The van der Waals surface area contributed by atoms with E-state index in [0.717, 1.165) is 40.1 Å². The molecule has 2 heterocycles. The number of ether oxygens (including phenoxy) is 2. The fourth-order valence-corrected chi connectivity index (χ4v) is 7.87. The molecule has 6 rings (SSSR count). The van der Waals surface area contributed by atoms with Crippen LogP contribution in [0.5, 0.6) is 0 Å². The van der Waals surface area contributed by atoms with Gasteiger partial charge in [0.15, 0.2) is 0 Å². The summed E-state index contributed by atoms with van der Waals surface area (Å²) < 4.78 is 12.4. The molecule has 0 aliphatic heterocycles. The van der Waals surface area contributed by atoms with Crippen LogP contribution in [-0.4, -0.2) is 52.8 Å². The number of fused-ring (bicyclic) bond motifs is 2. The largest absolute Gasteiger partial charge is 0.469 e. The van der Waals surface area contributed by atoms with Gasteiger partial charge in [-0.15, -0.1) is 0 Å². The molecule has 4 aromatic carbocycles. The van der Waals surface area contributed by atoms with Crippen LogP contribution in [0.25, 0.3) is 21.8 Å². The lowest BCUT2D eigenvalue weighted by molar-refractivity contribution is -0.139. The molecule has 9 heteroatoms. The Morgan fingerprint density at radius 2 is 1.37 bits per heavy atom. The smallest absolute Gasteiger partial charge is 0.410 e. The number of esters is 1. The van der Waals surface area contributed by atoms with Crippen LogP contribution in [-0.2, 0) is 34.2 Å². The minimum atomic E-state index is -0.455. The summed E-state index contributed by atoms with van der Waals surface area (Å²) in [6, 6.07) is 33.3. The van der Waals surface area contributed by atoms with Gasteiger partial charge in [0.2, 0.25) is 0 Å². The summed E-state index contributed by atoms with van der Waals surface area (Å²) >= 11 is 3.50. The predicted molar refractivity (Wildman–Crippen MR) is 210 cm³/mol. The van der Waals surface area contributed by atoms with Crippen LogP contribution < -0.4 is 0 Å². The summed E-state index contributed by atoms with van der Waals surface area (Å²) in [4.78, 5) is 33.3. The summed E-state index contributed by atoms with van der Waals surface area (Å²) in [5, 5.41) is 2.48. The molecule has 1 N–H and O–H groups in total. The van der Waals surface area contributed by atoms with Crippen molar-refractivity contribution in [2.24, 2.45) is 7.05 Å². The van der Waals surface area contributed by atoms with Crippen LogP contribution in [0.4, 0.5) is 4.79 Å². The Balaban J connectivity index is 0.000000210. The molecule has 1 amide bonds. The lowest BCUT2D eigenvalue weighted by atomic mass is 10.1. The van der Waals surface area contributed by atoms with Gasteiger partial charge in [-0.3, -0.25) is 4.79 Å². The van der Waals surface area contributed by atoms with Crippen molar-refractivity contribution in [1.29, 1.82) is 0 Å². The van der Waals surface area contributed by atoms with E-state index >= 15 is 0 Å². The standard InChI is InChI=1S/C25H32N2O2S.C17H15NO2S/c1-25(2,3)29-24(28)26(4)17-11-10-13-19-12-6-9-16-22(19)30-23-18-27(5)21-15-8-7-14-20(21)23;1-20-17(19)10-12-6-2-5-9-15(12)21-16-11-18-14-8-4-3-7-13(14)16/h6-9,12,14-16,18H,10-11,13,17H2,1-5H3;2-9,11,18H,10H2,1H3. The number of benzene rings is 4. The molecule has 2 aromatic heterocycles. The van der Waals surface area contributed by atoms with E-state index in [2.05, 4.69) is 83.5 Å². The summed E-state index contributed by atoms with van der Waals surface area (Å²) in [5.74, 6) is -0.220. The highest BCUT2D eigenvalue weighted by Gasteiger charge is 2.19. The SMILES string of the molecule is CN(CCCCc1ccccc1Sc1cn(C)c2ccccc12)C(=O)OC(C)(C)C.COC(=O)Cc1ccccc1Sc1c[nH]c2ccccc12. The highest BCUT2D eigenvalue weighted by Crippen LogP contribution is 2.37. The third-order valence-electron chi connectivity index (χ3n) is 8.25. The van der Waals surface area contributed by atoms with Crippen molar-refractivity contribution >= 4 is 57.4 Å². The molecule has 0 saturated heterocycles. The fraction of sp³-hybridized carbons (Fsp3) is 0.286. The van der Waals surface area contributed by atoms with E-state index in [1.165, 1.54) is 38.8 Å². The monoisotopic (exact) mass is 721 g/mol. The number of hydrogen-bond acceptors (Lipinski definition) is 6. The highest BCUT2D eigenvalue weighted by molar-refractivity contribution is 8.00. The van der Waals surface area contributed by atoms with E-state index in [1.54, 1.807) is 23.7 Å². The van der Waals surface area contributed by atoms with E-state index in [-0.39, 0.29) is 12.1 Å². The highest BCUT2D eigenvalue weighted by atomic mass is 32.2. The van der Waals surface area contributed by atoms with Crippen LogP contribution in [0.3, 0.4) is 0 Å². The van der Waals surface area contributed by atoms with Crippen molar-refractivity contribution in [2.75, 3.05) is 20.7 Å². The van der Waals surface area contributed by atoms with Crippen LogP contribution in [0, 0.1) is 0 Å². The molecule has 0 bridgehead atoms. The Morgan fingerprint density at radius 1 is 0.765 bits per heavy atom. The van der Waals surface area contributed by atoms with Gasteiger partial charge in [0.1, 0.15) is 5.60 Å². The van der Waals surface area contributed by atoms with Crippen molar-refractivity contribution in [1.82, 2.24) is 14.5 Å². The molecule has 0 aliphatic carbocycles. The Hall–Kier alpha value is -4.60. The third-order valence-corrected chi connectivity index (χ3v) is 10.6. The first kappa shape index (κ1) is 37.7. The third kappa shape index (κ3) is 10.5. The second-order valence-corrected chi connectivity index (χ2v) is 15.5. The number of aryl methyl sites for hydroxylation is 2. The number of nitrogens with one attached hydrogen (secondary N) is 1. The maximum absolute atomic E-state index is 12.1. The van der Waals surface area contributed by atoms with Crippen molar-refractivity contribution < 1.29 is 19.1 Å². The molecule has 0 atom stereocenters. The summed E-state index contributed by atoms with van der Waals surface area (Å²) in [5.41, 5.74) is 4.26. The number of hydrogen-bond donors (Lipinski definition) is 1. The van der Waals surface area contributed by atoms with Crippen molar-refractivity contribution in [3.05, 3.63) is 121 Å². The number of unbranched alkanes of at least 4 members (excludes halogenated alkanes) is 1. The lowest BCUT2D eigenvalue weighted by Gasteiger charge is -2.24. The topological polar surface area (TPSA) is 76.6 Å². The molecule has 0 unspecified atom stereocenters. The number of aromatic nitrogens is 2. The molecule has 0 radical (unpaired) electrons. The fourth-order valence-electron chi connectivity index (χ4n) is 5.63. The van der Waals surface area contributed by atoms with E-state index in [1.807, 2.05) is 75.1 Å². The van der Waals surface area contributed by atoms with Crippen LogP contribution in [0.1, 0.15) is 44.7 Å². The first-order chi connectivity index (χ1) is 24.5. The van der Waals surface area contributed by atoms with Gasteiger partial charge in [-0.25, -0.2) is 4.79 Å². The first-order valence-electron chi connectivity index (χ1n) is 17.1. The number of carbonyl (C=O) groups excluding carboxylic acids is 2. The van der Waals surface area contributed by atoms with Crippen molar-refractivity contribution in [2.45, 2.75) is 71.6 Å². The van der Waals surface area contributed by atoms with Gasteiger partial charge in [0.05, 0.1) is 13.5 Å². The second-order valence-electron chi connectivity index (χ2n) is 13.4. The Kier molecular flexibility index (Phi) is 13.0. The second kappa shape index (κ2) is 17.6. The number of aromatic amines is 1. The zero-order chi connectivity index (χ0) is 36.4. The zero-order valence-electron chi connectivity index (χ0n) is 30.3. The number of H-pyrrole nitrogens is 1. The Morgan fingerprint density at radius 3 is 2.10 bits per heavy atom. The average molecular weight is 722 g/mol. The molecule has 7 nitrogen and oxygen atoms in total. The number of para-hydroxylation sites is 2. The number of carbonyl (C=O) groups is 2. The van der Waals surface area contributed by atoms with Crippen LogP contribution in [0.2, 0.25) is 0 Å². The minimum Gasteiger partial charge on any atom is -0.469 e. The Labute approximate surface area is 309 Å². The first-order valence-corrected chi connectivity index (χ1v) is 18.8. The number of methoxy groups -OCH3 is 1. The van der Waals surface area contributed by atoms with Crippen molar-refractivity contribution in [3.63, 3.8) is 0 Å². The maximum Gasteiger partial charge on any atom is 0.410 e. The van der Waals surface area contributed by atoms with Gasteiger partial charge >= 0.3 is 12.1 Å². The van der Waals surface area contributed by atoms with Gasteiger partial charge in [-0.2, -0.15) is 0 Å². The van der Waals surface area contributed by atoms with Crippen molar-refractivity contribution in [3.8, 4) is 0 Å². The van der Waals surface area contributed by atoms with Gasteiger partial charge in [-0.05, 0) is 75.4 Å². The lowest BCUT2D eigenvalue weighted by Crippen LogP contribution is -2.34. The van der Waals surface area contributed by atoms with E-state index in [4.69, 9.17) is 9.47 Å². The summed E-state index contributed by atoms with van der Waals surface area (Å²) in [6.07, 6.45) is 7.22. The normalized spacial score (nSPS) is 11.3. The molecule has 6 aromatic rings. The molecule has 0 saturated carbocycles. The molecular weight excluding hydrogens is 675 g/mol. The van der Waals surface area contributed by atoms with E-state index in [0.29, 0.717) is 13.0 Å². The zero-order valence-corrected chi connectivity index (χ0v) is 31.9. The number of nitrogens with zero attached hydrogens (tertiary/aromatic N) is 2. The number of rotatable bonds is 11. The molecule has 51 heavy (non-hydrogen) atoms. The molecule has 266 valence electrons. The van der Waals surface area contributed by atoms with Crippen LogP contribution >= 0.6 is 23.5 Å².